The lowest BCUT2D eigenvalue weighted by Crippen LogP contribution is -2.27. The summed E-state index contributed by atoms with van der Waals surface area (Å²) in [5.74, 6) is 1.43. The van der Waals surface area contributed by atoms with Crippen LogP contribution in [0.15, 0.2) is 59.5 Å². The highest BCUT2D eigenvalue weighted by atomic mass is 16.5. The van der Waals surface area contributed by atoms with Crippen molar-refractivity contribution in [1.29, 1.82) is 0 Å². The van der Waals surface area contributed by atoms with Crippen LogP contribution in [0.25, 0.3) is 22.3 Å². The average Bonchev–Trinajstić information content (AvgIpc) is 3.42. The fraction of sp³-hybridized carbons (Fsp3) is 0.433. The first-order valence-electron chi connectivity index (χ1n) is 12.7. The van der Waals surface area contributed by atoms with Gasteiger partial charge in [0.05, 0.1) is 0 Å². The summed E-state index contributed by atoms with van der Waals surface area (Å²) < 4.78 is 18.0. The molecule has 3 atom stereocenters. The number of benzene rings is 2. The van der Waals surface area contributed by atoms with Crippen molar-refractivity contribution < 1.29 is 18.7 Å². The second kappa shape index (κ2) is 10.9. The molecular weight excluding hydrogens is 424 g/mol. The first-order valence-corrected chi connectivity index (χ1v) is 12.7. The van der Waals surface area contributed by atoms with Gasteiger partial charge in [0.1, 0.15) is 29.3 Å². The predicted octanol–water partition coefficient (Wildman–Crippen LogP) is 7.67. The number of hydrogen-bond donors (Lipinski definition) is 0. The molecule has 0 bridgehead atoms. The summed E-state index contributed by atoms with van der Waals surface area (Å²) in [7, 11) is 0. The summed E-state index contributed by atoms with van der Waals surface area (Å²) >= 11 is 0. The molecule has 0 N–H and O–H groups in total. The van der Waals surface area contributed by atoms with Crippen LogP contribution in [0.3, 0.4) is 0 Å². The lowest BCUT2D eigenvalue weighted by atomic mass is 9.97. The van der Waals surface area contributed by atoms with Crippen molar-refractivity contribution in [3.63, 3.8) is 0 Å². The first kappa shape index (κ1) is 24.1. The van der Waals surface area contributed by atoms with E-state index in [0.29, 0.717) is 0 Å². The van der Waals surface area contributed by atoms with Crippen molar-refractivity contribution in [2.45, 2.75) is 77.9 Å². The van der Waals surface area contributed by atoms with Crippen molar-refractivity contribution >= 4 is 16.9 Å². The van der Waals surface area contributed by atoms with Gasteiger partial charge in [-0.25, -0.2) is 4.79 Å². The number of ether oxygens (including phenoxy) is 2. The average molecular weight is 461 g/mol. The van der Waals surface area contributed by atoms with Crippen molar-refractivity contribution in [3.8, 4) is 17.1 Å². The molecule has 1 heterocycles. The van der Waals surface area contributed by atoms with Gasteiger partial charge in [-0.15, -0.1) is 0 Å². The highest BCUT2D eigenvalue weighted by Gasteiger charge is 2.36. The number of carbonyl (C=O) groups is 1. The minimum Gasteiger partial charge on any atom is -0.490 e. The molecule has 1 saturated carbocycles. The van der Waals surface area contributed by atoms with E-state index in [0.717, 1.165) is 53.7 Å². The zero-order valence-corrected chi connectivity index (χ0v) is 20.6. The zero-order valence-electron chi connectivity index (χ0n) is 20.6. The summed E-state index contributed by atoms with van der Waals surface area (Å²) in [4.78, 5) is 11.6. The highest BCUT2D eigenvalue weighted by molar-refractivity contribution is 5.84. The maximum atomic E-state index is 11.6. The predicted molar refractivity (Wildman–Crippen MR) is 137 cm³/mol. The summed E-state index contributed by atoms with van der Waals surface area (Å²) in [5, 5.41) is 1.06. The third-order valence-corrected chi connectivity index (χ3v) is 7.01. The second-order valence-corrected chi connectivity index (χ2v) is 9.38. The summed E-state index contributed by atoms with van der Waals surface area (Å²) in [5.41, 5.74) is 4.71. The molecule has 3 aromatic rings. The molecule has 1 aliphatic carbocycles. The van der Waals surface area contributed by atoms with Gasteiger partial charge in [0.2, 0.25) is 0 Å². The molecule has 0 amide bonds. The normalized spacial score (nSPS) is 19.9. The van der Waals surface area contributed by atoms with Gasteiger partial charge in [-0.05, 0) is 61.4 Å². The molecule has 0 saturated heterocycles. The number of furan rings is 1. The number of carbonyl (C=O) groups excluding carboxylic acids is 1. The van der Waals surface area contributed by atoms with Crippen LogP contribution in [-0.4, -0.2) is 18.2 Å². The SMILES string of the molecule is C=CC(=O)OC1CCC(Oc2ccc3cc(-c4ccc(CCCCC)cc4CC)oc3c2)C1C. The Morgan fingerprint density at radius 3 is 2.68 bits per heavy atom. The Kier molecular flexibility index (Phi) is 7.77. The third kappa shape index (κ3) is 5.38. The lowest BCUT2D eigenvalue weighted by molar-refractivity contribution is -0.144. The lowest BCUT2D eigenvalue weighted by Gasteiger charge is -2.21. The number of rotatable bonds is 10. The fourth-order valence-electron chi connectivity index (χ4n) is 4.93. The van der Waals surface area contributed by atoms with E-state index in [1.54, 1.807) is 0 Å². The minimum atomic E-state index is -0.373. The van der Waals surface area contributed by atoms with Gasteiger partial charge in [-0.2, -0.15) is 0 Å². The molecule has 4 heteroatoms. The smallest absolute Gasteiger partial charge is 0.330 e. The molecule has 34 heavy (non-hydrogen) atoms. The van der Waals surface area contributed by atoms with Crippen LogP contribution in [0.1, 0.15) is 64.0 Å². The van der Waals surface area contributed by atoms with Crippen molar-refractivity contribution in [1.82, 2.24) is 0 Å². The van der Waals surface area contributed by atoms with Crippen LogP contribution in [0.5, 0.6) is 5.75 Å². The topological polar surface area (TPSA) is 48.7 Å². The number of esters is 1. The molecule has 0 radical (unpaired) electrons. The monoisotopic (exact) mass is 460 g/mol. The molecule has 4 nitrogen and oxygen atoms in total. The molecule has 180 valence electrons. The Labute approximate surface area is 202 Å². The Bertz CT molecular complexity index is 1140. The molecule has 0 spiro atoms. The van der Waals surface area contributed by atoms with Crippen LogP contribution in [-0.2, 0) is 22.4 Å². The van der Waals surface area contributed by atoms with E-state index < -0.39 is 0 Å². The second-order valence-electron chi connectivity index (χ2n) is 9.38. The van der Waals surface area contributed by atoms with Crippen molar-refractivity contribution in [2.75, 3.05) is 0 Å². The number of aryl methyl sites for hydroxylation is 2. The van der Waals surface area contributed by atoms with Crippen LogP contribution >= 0.6 is 0 Å². The third-order valence-electron chi connectivity index (χ3n) is 7.01. The highest BCUT2D eigenvalue weighted by Crippen LogP contribution is 2.36. The van der Waals surface area contributed by atoms with Crippen molar-refractivity contribution in [3.05, 3.63) is 66.2 Å². The Balaban J connectivity index is 1.49. The van der Waals surface area contributed by atoms with E-state index in [9.17, 15) is 4.79 Å². The fourth-order valence-corrected chi connectivity index (χ4v) is 4.93. The largest absolute Gasteiger partial charge is 0.490 e. The summed E-state index contributed by atoms with van der Waals surface area (Å²) in [6.45, 7) is 9.99. The van der Waals surface area contributed by atoms with E-state index >= 15 is 0 Å². The Hall–Kier alpha value is -3.01. The van der Waals surface area contributed by atoms with Gasteiger partial charge < -0.3 is 13.9 Å². The van der Waals surface area contributed by atoms with Crippen LogP contribution in [0.2, 0.25) is 0 Å². The van der Waals surface area contributed by atoms with Crippen LogP contribution in [0, 0.1) is 5.92 Å². The minimum absolute atomic E-state index is 0.00134. The van der Waals surface area contributed by atoms with Gasteiger partial charge in [-0.1, -0.05) is 58.4 Å². The Morgan fingerprint density at radius 2 is 1.91 bits per heavy atom. The molecule has 1 aliphatic rings. The van der Waals surface area contributed by atoms with Crippen LogP contribution < -0.4 is 4.74 Å². The van der Waals surface area contributed by atoms with Gasteiger partial charge in [0, 0.05) is 29.0 Å². The number of unbranched alkanes of at least 4 members (excludes halogenated alkanes) is 2. The molecule has 2 aromatic carbocycles. The number of fused-ring (bicyclic) bond motifs is 1. The number of hydrogen-bond acceptors (Lipinski definition) is 4. The maximum Gasteiger partial charge on any atom is 0.330 e. The van der Waals surface area contributed by atoms with E-state index in [2.05, 4.69) is 57.7 Å². The van der Waals surface area contributed by atoms with E-state index in [4.69, 9.17) is 13.9 Å². The van der Waals surface area contributed by atoms with E-state index in [-0.39, 0.29) is 24.1 Å². The van der Waals surface area contributed by atoms with Gasteiger partial charge >= 0.3 is 5.97 Å². The van der Waals surface area contributed by atoms with Gasteiger partial charge in [-0.3, -0.25) is 0 Å². The van der Waals surface area contributed by atoms with Crippen molar-refractivity contribution in [2.24, 2.45) is 5.92 Å². The van der Waals surface area contributed by atoms with Crippen LogP contribution in [0.4, 0.5) is 0 Å². The molecule has 1 fully saturated rings. The molecule has 3 unspecified atom stereocenters. The first-order chi connectivity index (χ1) is 16.5. The standard InChI is InChI=1S/C30H36O4/c1-5-8-9-10-21-11-14-25(22(6-2)17-21)29-18-23-12-13-24(19-28(23)33-29)32-26-15-16-27(20(26)4)34-30(31)7-3/h7,11-14,17-20,26-27H,3,5-6,8-10,15-16H2,1-2,4H3. The molecular formula is C30H36O4. The molecule has 1 aromatic heterocycles. The van der Waals surface area contributed by atoms with Gasteiger partial charge in [0.25, 0.3) is 0 Å². The molecule has 0 aliphatic heterocycles. The Morgan fingerprint density at radius 1 is 1.09 bits per heavy atom. The molecule has 4 rings (SSSR count). The quantitative estimate of drug-likeness (QED) is 0.177. The van der Waals surface area contributed by atoms with E-state index in [1.165, 1.54) is 36.5 Å². The maximum absolute atomic E-state index is 11.6. The van der Waals surface area contributed by atoms with E-state index in [1.807, 2.05) is 12.1 Å². The van der Waals surface area contributed by atoms with Gasteiger partial charge in [0.15, 0.2) is 0 Å². The summed E-state index contributed by atoms with van der Waals surface area (Å²) in [6.07, 6.45) is 8.60. The summed E-state index contributed by atoms with van der Waals surface area (Å²) in [6, 6.07) is 14.9. The zero-order chi connectivity index (χ0) is 24.1.